The van der Waals surface area contributed by atoms with Gasteiger partial charge in [-0.1, -0.05) is 6.07 Å². The van der Waals surface area contributed by atoms with Crippen molar-refractivity contribution in [3.05, 3.63) is 71.7 Å². The van der Waals surface area contributed by atoms with Crippen LogP contribution in [0.4, 0.5) is 5.69 Å². The van der Waals surface area contributed by atoms with E-state index in [9.17, 15) is 19.2 Å². The van der Waals surface area contributed by atoms with Gasteiger partial charge >= 0.3 is 0 Å². The van der Waals surface area contributed by atoms with Gasteiger partial charge in [-0.05, 0) is 113 Å². The Morgan fingerprint density at radius 1 is 0.918 bits per heavy atom. The summed E-state index contributed by atoms with van der Waals surface area (Å²) in [7, 11) is 2.19. The van der Waals surface area contributed by atoms with Crippen molar-refractivity contribution in [3.63, 3.8) is 0 Å². The van der Waals surface area contributed by atoms with E-state index in [0.29, 0.717) is 17.9 Å². The lowest BCUT2D eigenvalue weighted by Gasteiger charge is -2.35. The van der Waals surface area contributed by atoms with Crippen LogP contribution in [-0.4, -0.2) is 85.9 Å². The van der Waals surface area contributed by atoms with E-state index in [4.69, 9.17) is 9.97 Å². The number of rotatable bonds is 9. The summed E-state index contributed by atoms with van der Waals surface area (Å²) in [5.74, 6) is -0.781. The molecular formula is C37H40N8O4. The smallest absolute Gasteiger partial charge is 0.262 e. The molecule has 0 radical (unpaired) electrons. The molecule has 4 aromatic rings. The number of benzene rings is 2. The molecule has 2 aromatic carbocycles. The van der Waals surface area contributed by atoms with Gasteiger partial charge in [0.2, 0.25) is 11.8 Å². The molecule has 2 saturated heterocycles. The second-order valence-electron chi connectivity index (χ2n) is 14.1. The summed E-state index contributed by atoms with van der Waals surface area (Å²) < 4.78 is 2.08. The fourth-order valence-electron chi connectivity index (χ4n) is 7.79. The van der Waals surface area contributed by atoms with Crippen LogP contribution in [0.2, 0.25) is 0 Å². The molecule has 2 aromatic heterocycles. The summed E-state index contributed by atoms with van der Waals surface area (Å²) >= 11 is 0. The van der Waals surface area contributed by atoms with E-state index in [1.54, 1.807) is 18.2 Å². The first kappa shape index (κ1) is 31.3. The molecular weight excluding hydrogens is 620 g/mol. The molecule has 5 heterocycles. The highest BCUT2D eigenvalue weighted by molar-refractivity contribution is 6.23. The first-order valence-electron chi connectivity index (χ1n) is 17.4. The Morgan fingerprint density at radius 2 is 1.73 bits per heavy atom. The van der Waals surface area contributed by atoms with Gasteiger partial charge in [0.15, 0.2) is 0 Å². The largest absolute Gasteiger partial charge is 0.385 e. The number of fused-ring (bicyclic) bond motifs is 2. The van der Waals surface area contributed by atoms with E-state index < -0.39 is 23.8 Å². The highest BCUT2D eigenvalue weighted by atomic mass is 16.2. The number of nitrogens with one attached hydrogen (secondary N) is 2. The standard InChI is InChI=1S/C37H40N8O4/c1-43-13-10-23(11-14-43)24-4-7-30-31(17-24)41-32(20-39-30)25-19-40-44(21-25)27-15-22(16-27)3-2-12-38-26-5-6-28-29(18-26)37(49)45(36(28)48)33-8-9-34(46)42-35(33)47/h4-7,17-23,27,33,38H,2-3,8-16H2,1H3,(H,42,46,47). The van der Waals surface area contributed by atoms with E-state index >= 15 is 0 Å². The van der Waals surface area contributed by atoms with Crippen molar-refractivity contribution in [2.75, 3.05) is 32.0 Å². The maximum atomic E-state index is 13.1. The molecule has 12 heteroatoms. The summed E-state index contributed by atoms with van der Waals surface area (Å²) in [5.41, 5.74) is 6.38. The third-order valence-corrected chi connectivity index (χ3v) is 10.8. The number of hydrogen-bond acceptors (Lipinski definition) is 9. The zero-order valence-corrected chi connectivity index (χ0v) is 27.6. The Balaban J connectivity index is 0.817. The number of carbonyl (C=O) groups excluding carboxylic acids is 4. The maximum absolute atomic E-state index is 13.1. The van der Waals surface area contributed by atoms with E-state index in [0.717, 1.165) is 78.2 Å². The molecule has 0 spiro atoms. The Labute approximate surface area is 284 Å². The molecule has 2 N–H and O–H groups in total. The van der Waals surface area contributed by atoms with Crippen molar-refractivity contribution in [1.82, 2.24) is 34.9 Å². The lowest BCUT2D eigenvalue weighted by Crippen LogP contribution is -2.54. The number of amides is 4. The molecule has 252 valence electrons. The minimum atomic E-state index is -0.962. The summed E-state index contributed by atoms with van der Waals surface area (Å²) in [6.45, 7) is 3.00. The summed E-state index contributed by atoms with van der Waals surface area (Å²) in [6.07, 6.45) is 12.6. The SMILES string of the molecule is CN1CCC(c2ccc3ncc(-c4cnn(C5CC(CCCNc6ccc7c(c6)C(=O)N(C6CCC(=O)NC6=O)C7=O)C5)c4)nc3c2)CC1. The van der Waals surface area contributed by atoms with Gasteiger partial charge in [-0.3, -0.25) is 39.1 Å². The fourth-order valence-corrected chi connectivity index (χ4v) is 7.79. The van der Waals surface area contributed by atoms with Crippen molar-refractivity contribution in [2.45, 2.75) is 69.4 Å². The minimum absolute atomic E-state index is 0.0987. The highest BCUT2D eigenvalue weighted by Crippen LogP contribution is 2.41. The van der Waals surface area contributed by atoms with Crippen molar-refractivity contribution in [2.24, 2.45) is 5.92 Å². The molecule has 1 saturated carbocycles. The molecule has 12 nitrogen and oxygen atoms in total. The fraction of sp³-hybridized carbons (Fsp3) is 0.432. The van der Waals surface area contributed by atoms with Gasteiger partial charge in [-0.15, -0.1) is 0 Å². The van der Waals surface area contributed by atoms with Crippen molar-refractivity contribution in [3.8, 4) is 11.3 Å². The monoisotopic (exact) mass is 660 g/mol. The Hall–Kier alpha value is -4.97. The van der Waals surface area contributed by atoms with Crippen LogP contribution >= 0.6 is 0 Å². The van der Waals surface area contributed by atoms with Crippen LogP contribution in [0, 0.1) is 5.92 Å². The van der Waals surface area contributed by atoms with E-state index in [-0.39, 0.29) is 29.9 Å². The van der Waals surface area contributed by atoms with Crippen LogP contribution in [0.15, 0.2) is 55.0 Å². The molecule has 1 unspecified atom stereocenters. The molecule has 1 atom stereocenters. The first-order chi connectivity index (χ1) is 23.8. The third-order valence-electron chi connectivity index (χ3n) is 10.8. The van der Waals surface area contributed by atoms with E-state index in [1.807, 2.05) is 12.4 Å². The lowest BCUT2D eigenvalue weighted by molar-refractivity contribution is -0.136. The van der Waals surface area contributed by atoms with Crippen molar-refractivity contribution >= 4 is 40.3 Å². The van der Waals surface area contributed by atoms with Gasteiger partial charge in [0.25, 0.3) is 11.8 Å². The topological polar surface area (TPSA) is 142 Å². The molecule has 8 rings (SSSR count). The van der Waals surface area contributed by atoms with Crippen molar-refractivity contribution in [1.29, 1.82) is 0 Å². The van der Waals surface area contributed by atoms with Crippen LogP contribution in [0.25, 0.3) is 22.3 Å². The van der Waals surface area contributed by atoms with Gasteiger partial charge in [0, 0.05) is 30.4 Å². The number of aromatic nitrogens is 4. The van der Waals surface area contributed by atoms with Gasteiger partial charge in [0.1, 0.15) is 6.04 Å². The van der Waals surface area contributed by atoms with Gasteiger partial charge < -0.3 is 10.2 Å². The average Bonchev–Trinajstić information content (AvgIpc) is 3.66. The highest BCUT2D eigenvalue weighted by Gasteiger charge is 2.44. The molecule has 3 aliphatic heterocycles. The second kappa shape index (κ2) is 12.8. The number of carbonyl (C=O) groups is 4. The number of anilines is 1. The van der Waals surface area contributed by atoms with Crippen LogP contribution < -0.4 is 10.6 Å². The molecule has 0 bridgehead atoms. The summed E-state index contributed by atoms with van der Waals surface area (Å²) in [4.78, 5) is 63.0. The Bertz CT molecular complexity index is 1960. The molecule has 3 fully saturated rings. The second-order valence-corrected chi connectivity index (χ2v) is 14.1. The number of nitrogens with zero attached hydrogens (tertiary/aromatic N) is 6. The summed E-state index contributed by atoms with van der Waals surface area (Å²) in [6, 6.07) is 11.1. The minimum Gasteiger partial charge on any atom is -0.385 e. The van der Waals surface area contributed by atoms with Gasteiger partial charge in [-0.2, -0.15) is 5.10 Å². The number of hydrogen-bond donors (Lipinski definition) is 2. The first-order valence-corrected chi connectivity index (χ1v) is 17.4. The third kappa shape index (κ3) is 6.09. The Morgan fingerprint density at radius 3 is 2.55 bits per heavy atom. The van der Waals surface area contributed by atoms with Crippen LogP contribution in [-0.2, 0) is 9.59 Å². The summed E-state index contributed by atoms with van der Waals surface area (Å²) in [5, 5.41) is 10.3. The van der Waals surface area contributed by atoms with Crippen LogP contribution in [0.3, 0.4) is 0 Å². The normalized spacial score (nSPS) is 23.1. The van der Waals surface area contributed by atoms with Crippen LogP contribution in [0.1, 0.15) is 89.6 Å². The zero-order valence-electron chi connectivity index (χ0n) is 27.6. The van der Waals surface area contributed by atoms with Gasteiger partial charge in [-0.25, -0.2) is 4.98 Å². The van der Waals surface area contributed by atoms with Gasteiger partial charge in [0.05, 0.1) is 46.3 Å². The molecule has 4 amide bonds. The predicted octanol–water partition coefficient (Wildman–Crippen LogP) is 4.55. The quantitative estimate of drug-likeness (QED) is 0.195. The maximum Gasteiger partial charge on any atom is 0.262 e. The van der Waals surface area contributed by atoms with E-state index in [1.165, 1.54) is 18.4 Å². The molecule has 4 aliphatic rings. The lowest BCUT2D eigenvalue weighted by atomic mass is 9.77. The predicted molar refractivity (Wildman–Crippen MR) is 183 cm³/mol. The average molecular weight is 661 g/mol. The Kier molecular flexibility index (Phi) is 8.18. The molecule has 49 heavy (non-hydrogen) atoms. The number of likely N-dealkylation sites (tertiary alicyclic amines) is 1. The zero-order chi connectivity index (χ0) is 33.6. The van der Waals surface area contributed by atoms with Crippen LogP contribution in [0.5, 0.6) is 0 Å². The van der Waals surface area contributed by atoms with E-state index in [2.05, 4.69) is 56.8 Å². The number of imide groups is 2. The molecule has 1 aliphatic carbocycles. The van der Waals surface area contributed by atoms with Crippen molar-refractivity contribution < 1.29 is 19.2 Å². The number of piperidine rings is 2.